The average molecular weight is 409 g/mol. The first kappa shape index (κ1) is 16.3. The molecule has 0 unspecified atom stereocenters. The molecule has 0 atom stereocenters. The van der Waals surface area contributed by atoms with E-state index in [1.807, 2.05) is 42.5 Å². The van der Waals surface area contributed by atoms with Crippen LogP contribution in [0.4, 0.5) is 4.79 Å². The Kier molecular flexibility index (Phi) is 4.90. The van der Waals surface area contributed by atoms with Gasteiger partial charge in [0.1, 0.15) is 0 Å². The van der Waals surface area contributed by atoms with E-state index < -0.39 is 0 Å². The first-order chi connectivity index (χ1) is 11.0. The number of thioether (sulfide) groups is 1. The van der Waals surface area contributed by atoms with Crippen molar-refractivity contribution < 1.29 is 9.59 Å². The third-order valence-corrected chi connectivity index (χ3v) is 5.10. The lowest BCUT2D eigenvalue weighted by molar-refractivity contribution is -0.123. The van der Waals surface area contributed by atoms with Crippen molar-refractivity contribution in [1.29, 1.82) is 0 Å². The largest absolute Gasteiger partial charge is 0.293 e. The number of carbonyl (C=O) groups excluding carboxylic acids is 2. The molecular weight excluding hydrogens is 398 g/mol. The van der Waals surface area contributed by atoms with Crippen LogP contribution >= 0.6 is 39.3 Å². The Morgan fingerprint density at radius 2 is 1.78 bits per heavy atom. The van der Waals surface area contributed by atoms with Crippen molar-refractivity contribution in [3.05, 3.63) is 74.1 Å². The van der Waals surface area contributed by atoms with E-state index in [1.165, 1.54) is 4.90 Å². The van der Waals surface area contributed by atoms with Crippen LogP contribution in [0.1, 0.15) is 11.1 Å². The van der Waals surface area contributed by atoms with Gasteiger partial charge in [-0.15, -0.1) is 0 Å². The van der Waals surface area contributed by atoms with E-state index in [2.05, 4.69) is 15.9 Å². The van der Waals surface area contributed by atoms with Crippen molar-refractivity contribution in [1.82, 2.24) is 4.90 Å². The first-order valence-corrected chi connectivity index (χ1v) is 8.77. The second-order valence-corrected chi connectivity index (χ2v) is 7.23. The van der Waals surface area contributed by atoms with Gasteiger partial charge in [-0.2, -0.15) is 0 Å². The van der Waals surface area contributed by atoms with E-state index >= 15 is 0 Å². The summed E-state index contributed by atoms with van der Waals surface area (Å²) in [7, 11) is 0. The highest BCUT2D eigenvalue weighted by Crippen LogP contribution is 2.34. The highest BCUT2D eigenvalue weighted by atomic mass is 79.9. The van der Waals surface area contributed by atoms with Gasteiger partial charge in [0.05, 0.1) is 11.4 Å². The first-order valence-electron chi connectivity index (χ1n) is 6.79. The van der Waals surface area contributed by atoms with E-state index in [1.54, 1.807) is 12.1 Å². The van der Waals surface area contributed by atoms with Crippen molar-refractivity contribution in [2.75, 3.05) is 0 Å². The van der Waals surface area contributed by atoms with Crippen molar-refractivity contribution in [3.63, 3.8) is 0 Å². The van der Waals surface area contributed by atoms with Crippen molar-refractivity contribution in [2.45, 2.75) is 6.54 Å². The summed E-state index contributed by atoms with van der Waals surface area (Å²) in [6.07, 6.45) is 1.66. The topological polar surface area (TPSA) is 37.4 Å². The van der Waals surface area contributed by atoms with Crippen LogP contribution in [-0.2, 0) is 11.3 Å². The summed E-state index contributed by atoms with van der Waals surface area (Å²) >= 11 is 10.4. The smallest absolute Gasteiger partial charge is 0.268 e. The molecule has 0 aromatic heterocycles. The lowest BCUT2D eigenvalue weighted by Gasteiger charge is -2.12. The Labute approximate surface area is 151 Å². The molecule has 3 rings (SSSR count). The zero-order valence-electron chi connectivity index (χ0n) is 11.8. The van der Waals surface area contributed by atoms with E-state index in [4.69, 9.17) is 11.6 Å². The second-order valence-electron chi connectivity index (χ2n) is 4.92. The molecule has 3 nitrogen and oxygen atoms in total. The highest BCUT2D eigenvalue weighted by molar-refractivity contribution is 9.10. The number of hydrogen-bond acceptors (Lipinski definition) is 3. The molecule has 0 N–H and O–H groups in total. The number of hydrogen-bond donors (Lipinski definition) is 0. The average Bonchev–Trinajstić information content (AvgIpc) is 2.79. The predicted octanol–water partition coefficient (Wildman–Crippen LogP) is 5.34. The molecule has 1 aliphatic heterocycles. The van der Waals surface area contributed by atoms with Crippen LogP contribution in [0.3, 0.4) is 0 Å². The van der Waals surface area contributed by atoms with Gasteiger partial charge in [-0.05, 0) is 47.2 Å². The van der Waals surface area contributed by atoms with Crippen LogP contribution in [0.5, 0.6) is 0 Å². The minimum Gasteiger partial charge on any atom is -0.268 e. The molecule has 0 bridgehead atoms. The molecule has 2 aromatic carbocycles. The summed E-state index contributed by atoms with van der Waals surface area (Å²) in [6, 6.07) is 14.7. The van der Waals surface area contributed by atoms with E-state index in [0.717, 1.165) is 27.4 Å². The summed E-state index contributed by atoms with van der Waals surface area (Å²) in [5.74, 6) is -0.289. The van der Waals surface area contributed by atoms with Gasteiger partial charge in [0.2, 0.25) is 0 Å². The normalized spacial score (nSPS) is 16.4. The van der Waals surface area contributed by atoms with Crippen molar-refractivity contribution >= 4 is 56.5 Å². The van der Waals surface area contributed by atoms with Crippen LogP contribution < -0.4 is 0 Å². The fraction of sp³-hybridized carbons (Fsp3) is 0.0588. The Hall–Kier alpha value is -1.56. The standard InChI is InChI=1S/C17H11BrClNO2S/c18-13-7-5-11(6-8-13)10-20-16(21)15(23-17(20)22)9-12-3-1-2-4-14(12)19/h1-9H,10H2/b15-9+. The highest BCUT2D eigenvalue weighted by Gasteiger charge is 2.35. The number of benzene rings is 2. The summed E-state index contributed by atoms with van der Waals surface area (Å²) in [5.41, 5.74) is 1.62. The number of imide groups is 1. The summed E-state index contributed by atoms with van der Waals surface area (Å²) in [6.45, 7) is 0.262. The molecule has 23 heavy (non-hydrogen) atoms. The van der Waals surface area contributed by atoms with Gasteiger partial charge in [-0.25, -0.2) is 0 Å². The summed E-state index contributed by atoms with van der Waals surface area (Å²) in [4.78, 5) is 26.2. The molecule has 1 saturated heterocycles. The van der Waals surface area contributed by atoms with Crippen LogP contribution in [0.15, 0.2) is 57.9 Å². The number of halogens is 2. The second kappa shape index (κ2) is 6.91. The lowest BCUT2D eigenvalue weighted by Crippen LogP contribution is -2.27. The quantitative estimate of drug-likeness (QED) is 0.643. The predicted molar refractivity (Wildman–Crippen MR) is 97.1 cm³/mol. The number of rotatable bonds is 3. The SMILES string of the molecule is O=C1S/C(=C/c2ccccc2Cl)C(=O)N1Cc1ccc(Br)cc1. The fourth-order valence-electron chi connectivity index (χ4n) is 2.14. The van der Waals surface area contributed by atoms with Gasteiger partial charge in [0, 0.05) is 9.50 Å². The van der Waals surface area contributed by atoms with Crippen molar-refractivity contribution in [2.24, 2.45) is 0 Å². The Bertz CT molecular complexity index is 804. The third-order valence-electron chi connectivity index (χ3n) is 3.32. The van der Waals surface area contributed by atoms with Gasteiger partial charge in [-0.3, -0.25) is 14.5 Å². The molecule has 116 valence electrons. The third kappa shape index (κ3) is 3.68. The molecule has 1 aliphatic rings. The molecule has 6 heteroatoms. The number of nitrogens with zero attached hydrogens (tertiary/aromatic N) is 1. The van der Waals surface area contributed by atoms with Crippen molar-refractivity contribution in [3.8, 4) is 0 Å². The molecule has 0 radical (unpaired) electrons. The molecule has 2 aromatic rings. The van der Waals surface area contributed by atoms with E-state index in [0.29, 0.717) is 9.93 Å². The molecule has 1 fully saturated rings. The maximum Gasteiger partial charge on any atom is 0.293 e. The lowest BCUT2D eigenvalue weighted by atomic mass is 10.2. The minimum absolute atomic E-state index is 0.262. The Morgan fingerprint density at radius 3 is 2.48 bits per heavy atom. The maximum absolute atomic E-state index is 12.5. The Balaban J connectivity index is 1.82. The molecule has 1 heterocycles. The van der Waals surface area contributed by atoms with Gasteiger partial charge < -0.3 is 0 Å². The van der Waals surface area contributed by atoms with E-state index in [9.17, 15) is 9.59 Å². The summed E-state index contributed by atoms with van der Waals surface area (Å²) < 4.78 is 0.953. The van der Waals surface area contributed by atoms with Crippen LogP contribution in [0.25, 0.3) is 6.08 Å². The zero-order chi connectivity index (χ0) is 16.4. The van der Waals surface area contributed by atoms with Gasteiger partial charge in [0.25, 0.3) is 11.1 Å². The Morgan fingerprint density at radius 1 is 1.09 bits per heavy atom. The zero-order valence-corrected chi connectivity index (χ0v) is 15.0. The number of carbonyl (C=O) groups is 2. The fourth-order valence-corrected chi connectivity index (χ4v) is 3.43. The maximum atomic E-state index is 12.5. The molecule has 0 saturated carbocycles. The van der Waals surface area contributed by atoms with Crippen LogP contribution in [0, 0.1) is 0 Å². The van der Waals surface area contributed by atoms with Gasteiger partial charge >= 0.3 is 0 Å². The van der Waals surface area contributed by atoms with Gasteiger partial charge in [0.15, 0.2) is 0 Å². The summed E-state index contributed by atoms with van der Waals surface area (Å²) in [5, 5.41) is 0.281. The molecule has 0 aliphatic carbocycles. The van der Waals surface area contributed by atoms with Gasteiger partial charge in [-0.1, -0.05) is 57.9 Å². The minimum atomic E-state index is -0.289. The molecule has 0 spiro atoms. The molecule has 2 amide bonds. The molecular formula is C17H11BrClNO2S. The van der Waals surface area contributed by atoms with E-state index in [-0.39, 0.29) is 17.7 Å². The van der Waals surface area contributed by atoms with Crippen LogP contribution in [0.2, 0.25) is 5.02 Å². The number of amides is 2. The monoisotopic (exact) mass is 407 g/mol. The van der Waals surface area contributed by atoms with Crippen LogP contribution in [-0.4, -0.2) is 16.0 Å².